The van der Waals surface area contributed by atoms with Crippen LogP contribution in [0.5, 0.6) is 0 Å². The van der Waals surface area contributed by atoms with Gasteiger partial charge in [0.25, 0.3) is 0 Å². The van der Waals surface area contributed by atoms with Crippen molar-refractivity contribution < 1.29 is 19.4 Å². The Hall–Kier alpha value is -1.88. The molecule has 1 aromatic rings. The highest BCUT2D eigenvalue weighted by molar-refractivity contribution is 5.78. The van der Waals surface area contributed by atoms with Crippen molar-refractivity contribution in [2.75, 3.05) is 13.7 Å². The Balaban J connectivity index is 2.34. The number of hydrogen-bond donors (Lipinski definition) is 2. The van der Waals surface area contributed by atoms with Gasteiger partial charge in [-0.15, -0.1) is 0 Å². The number of carbonyl (C=O) groups is 2. The Morgan fingerprint density at radius 2 is 1.87 bits per heavy atom. The Morgan fingerprint density at radius 1 is 1.22 bits per heavy atom. The van der Waals surface area contributed by atoms with E-state index < -0.39 is 11.5 Å². The first-order chi connectivity index (χ1) is 10.8. The lowest BCUT2D eigenvalue weighted by atomic mass is 9.98. The number of carbonyl (C=O) groups excluding carboxylic acids is 1. The average Bonchev–Trinajstić information content (AvgIpc) is 2.44. The fraction of sp³-hybridized carbons (Fsp3) is 0.556. The molecule has 0 spiro atoms. The molecule has 0 aromatic heterocycles. The van der Waals surface area contributed by atoms with Crippen LogP contribution in [0.4, 0.5) is 0 Å². The third-order valence-corrected chi connectivity index (χ3v) is 3.69. The SMILES string of the molecule is COCC(C)(CC(=O)O)NC(=O)CCCCc1ccc(C)cc1. The highest BCUT2D eigenvalue weighted by Gasteiger charge is 2.29. The van der Waals surface area contributed by atoms with E-state index in [0.717, 1.165) is 19.3 Å². The van der Waals surface area contributed by atoms with Crippen LogP contribution in [0.1, 0.15) is 43.7 Å². The number of carboxylic acids is 1. The van der Waals surface area contributed by atoms with Crippen molar-refractivity contribution >= 4 is 11.9 Å². The van der Waals surface area contributed by atoms with E-state index in [1.165, 1.54) is 18.2 Å². The van der Waals surface area contributed by atoms with Crippen molar-refractivity contribution in [3.63, 3.8) is 0 Å². The standard InChI is InChI=1S/C18H27NO4/c1-14-8-10-15(11-9-14)6-4-5-7-16(20)19-18(2,13-23-3)12-17(21)22/h8-11H,4-7,12-13H2,1-3H3,(H,19,20)(H,21,22). The molecule has 1 rings (SSSR count). The van der Waals surface area contributed by atoms with Gasteiger partial charge in [-0.05, 0) is 38.7 Å². The second-order valence-corrected chi connectivity index (χ2v) is 6.31. The Labute approximate surface area is 138 Å². The molecular formula is C18H27NO4. The minimum atomic E-state index is -0.954. The van der Waals surface area contributed by atoms with Gasteiger partial charge in [-0.25, -0.2) is 0 Å². The molecule has 5 nitrogen and oxygen atoms in total. The molecule has 0 saturated heterocycles. The molecule has 1 unspecified atom stereocenters. The number of unbranched alkanes of at least 4 members (excludes halogenated alkanes) is 1. The normalized spacial score (nSPS) is 13.3. The number of aliphatic carboxylic acids is 1. The highest BCUT2D eigenvalue weighted by Crippen LogP contribution is 2.12. The minimum absolute atomic E-state index is 0.130. The number of aryl methyl sites for hydroxylation is 2. The minimum Gasteiger partial charge on any atom is -0.481 e. The number of nitrogens with one attached hydrogen (secondary N) is 1. The number of rotatable bonds is 10. The Kier molecular flexibility index (Phi) is 7.75. The van der Waals surface area contributed by atoms with E-state index in [0.29, 0.717) is 6.42 Å². The van der Waals surface area contributed by atoms with Crippen LogP contribution in [-0.2, 0) is 20.7 Å². The fourth-order valence-corrected chi connectivity index (χ4v) is 2.55. The molecule has 0 heterocycles. The lowest BCUT2D eigenvalue weighted by Gasteiger charge is -2.28. The molecule has 0 aliphatic rings. The van der Waals surface area contributed by atoms with E-state index in [1.54, 1.807) is 6.92 Å². The molecule has 0 saturated carbocycles. The number of benzene rings is 1. The van der Waals surface area contributed by atoms with Crippen LogP contribution in [0.25, 0.3) is 0 Å². The van der Waals surface area contributed by atoms with E-state index in [-0.39, 0.29) is 18.9 Å². The van der Waals surface area contributed by atoms with E-state index in [2.05, 4.69) is 36.5 Å². The predicted octanol–water partition coefficient (Wildman–Crippen LogP) is 2.70. The predicted molar refractivity (Wildman–Crippen MR) is 89.4 cm³/mol. The smallest absolute Gasteiger partial charge is 0.305 e. The van der Waals surface area contributed by atoms with Gasteiger partial charge in [0.2, 0.25) is 5.91 Å². The number of methoxy groups -OCH3 is 1. The van der Waals surface area contributed by atoms with Gasteiger partial charge in [-0.2, -0.15) is 0 Å². The van der Waals surface area contributed by atoms with E-state index in [4.69, 9.17) is 9.84 Å². The summed E-state index contributed by atoms with van der Waals surface area (Å²) in [6.07, 6.45) is 2.88. The lowest BCUT2D eigenvalue weighted by Crippen LogP contribution is -2.50. The molecule has 0 fully saturated rings. The second-order valence-electron chi connectivity index (χ2n) is 6.31. The quantitative estimate of drug-likeness (QED) is 0.650. The van der Waals surface area contributed by atoms with Crippen molar-refractivity contribution in [3.05, 3.63) is 35.4 Å². The van der Waals surface area contributed by atoms with Crippen molar-refractivity contribution in [3.8, 4) is 0 Å². The summed E-state index contributed by atoms with van der Waals surface area (Å²) in [6, 6.07) is 8.39. The number of ether oxygens (including phenoxy) is 1. The maximum absolute atomic E-state index is 12.0. The maximum atomic E-state index is 12.0. The maximum Gasteiger partial charge on any atom is 0.305 e. The molecule has 23 heavy (non-hydrogen) atoms. The second kappa shape index (κ2) is 9.30. The highest BCUT2D eigenvalue weighted by atomic mass is 16.5. The summed E-state index contributed by atoms with van der Waals surface area (Å²) in [6.45, 7) is 3.92. The van der Waals surface area contributed by atoms with Crippen LogP contribution >= 0.6 is 0 Å². The average molecular weight is 321 g/mol. The fourth-order valence-electron chi connectivity index (χ4n) is 2.55. The number of amides is 1. The summed E-state index contributed by atoms with van der Waals surface area (Å²) in [7, 11) is 1.49. The molecular weight excluding hydrogens is 294 g/mol. The van der Waals surface area contributed by atoms with E-state index in [1.807, 2.05) is 0 Å². The van der Waals surface area contributed by atoms with Crippen molar-refractivity contribution in [1.82, 2.24) is 5.32 Å². The summed E-state index contributed by atoms with van der Waals surface area (Å²) in [5, 5.41) is 11.7. The van der Waals surface area contributed by atoms with Crippen LogP contribution in [0.3, 0.4) is 0 Å². The zero-order valence-corrected chi connectivity index (χ0v) is 14.2. The van der Waals surface area contributed by atoms with Crippen LogP contribution in [0, 0.1) is 6.92 Å². The molecule has 128 valence electrons. The Bertz CT molecular complexity index is 512. The molecule has 5 heteroatoms. The van der Waals surface area contributed by atoms with E-state index >= 15 is 0 Å². The van der Waals surface area contributed by atoms with Gasteiger partial charge in [0.05, 0.1) is 18.6 Å². The largest absolute Gasteiger partial charge is 0.481 e. The molecule has 1 amide bonds. The summed E-state index contributed by atoms with van der Waals surface area (Å²) in [4.78, 5) is 22.9. The summed E-state index contributed by atoms with van der Waals surface area (Å²) in [5.41, 5.74) is 1.64. The van der Waals surface area contributed by atoms with Gasteiger partial charge in [-0.1, -0.05) is 29.8 Å². The summed E-state index contributed by atoms with van der Waals surface area (Å²) in [5.74, 6) is -1.08. The van der Waals surface area contributed by atoms with Crippen molar-refractivity contribution in [2.45, 2.75) is 51.5 Å². The first-order valence-electron chi connectivity index (χ1n) is 7.92. The van der Waals surface area contributed by atoms with Gasteiger partial charge in [0, 0.05) is 13.5 Å². The topological polar surface area (TPSA) is 75.6 Å². The molecule has 0 aliphatic carbocycles. The summed E-state index contributed by atoms with van der Waals surface area (Å²) >= 11 is 0. The molecule has 0 radical (unpaired) electrons. The number of hydrogen-bond acceptors (Lipinski definition) is 3. The van der Waals surface area contributed by atoms with Gasteiger partial charge < -0.3 is 15.2 Å². The van der Waals surface area contributed by atoms with Crippen LogP contribution in [-0.4, -0.2) is 36.2 Å². The third kappa shape index (κ3) is 7.79. The molecule has 1 atom stereocenters. The zero-order valence-electron chi connectivity index (χ0n) is 14.2. The van der Waals surface area contributed by atoms with E-state index in [9.17, 15) is 9.59 Å². The molecule has 2 N–H and O–H groups in total. The molecule has 0 bridgehead atoms. The lowest BCUT2D eigenvalue weighted by molar-refractivity contribution is -0.139. The van der Waals surface area contributed by atoms with Gasteiger partial charge in [0.1, 0.15) is 0 Å². The van der Waals surface area contributed by atoms with Crippen LogP contribution in [0.15, 0.2) is 24.3 Å². The monoisotopic (exact) mass is 321 g/mol. The zero-order chi connectivity index (χ0) is 17.3. The first kappa shape index (κ1) is 19.2. The van der Waals surface area contributed by atoms with Gasteiger partial charge in [-0.3, -0.25) is 9.59 Å². The van der Waals surface area contributed by atoms with Crippen molar-refractivity contribution in [2.24, 2.45) is 0 Å². The first-order valence-corrected chi connectivity index (χ1v) is 7.92. The van der Waals surface area contributed by atoms with Crippen LogP contribution < -0.4 is 5.32 Å². The third-order valence-electron chi connectivity index (χ3n) is 3.69. The van der Waals surface area contributed by atoms with Crippen LogP contribution in [0.2, 0.25) is 0 Å². The molecule has 0 aliphatic heterocycles. The number of carboxylic acid groups (broad SMARTS) is 1. The van der Waals surface area contributed by atoms with Crippen molar-refractivity contribution in [1.29, 1.82) is 0 Å². The van der Waals surface area contributed by atoms with Gasteiger partial charge in [0.15, 0.2) is 0 Å². The Morgan fingerprint density at radius 3 is 2.43 bits per heavy atom. The van der Waals surface area contributed by atoms with Gasteiger partial charge >= 0.3 is 5.97 Å². The summed E-state index contributed by atoms with van der Waals surface area (Å²) < 4.78 is 5.02. The molecule has 1 aromatic carbocycles.